The van der Waals surface area contributed by atoms with Crippen LogP contribution in [0, 0.1) is 61.6 Å². The van der Waals surface area contributed by atoms with Gasteiger partial charge in [-0.1, -0.05) is 60.1 Å². The van der Waals surface area contributed by atoms with Crippen LogP contribution in [0.2, 0.25) is 0 Å². The number of allylic oxidation sites excluding steroid dienone is 4. The highest BCUT2D eigenvalue weighted by Crippen LogP contribution is 2.74. The van der Waals surface area contributed by atoms with Crippen molar-refractivity contribution in [2.75, 3.05) is 19.6 Å². The molecule has 6 rings (SSSR count). The predicted octanol–water partition coefficient (Wildman–Crippen LogP) is 5.88. The van der Waals surface area contributed by atoms with Crippen molar-refractivity contribution >= 4 is 11.6 Å². The summed E-state index contributed by atoms with van der Waals surface area (Å²) in [4.78, 5) is 30.3. The van der Waals surface area contributed by atoms with Crippen molar-refractivity contribution in [1.29, 1.82) is 5.26 Å². The van der Waals surface area contributed by atoms with Gasteiger partial charge in [-0.25, -0.2) is 0 Å². The van der Waals surface area contributed by atoms with Gasteiger partial charge in [-0.3, -0.25) is 14.5 Å². The normalized spacial score (nSPS) is 46.9. The summed E-state index contributed by atoms with van der Waals surface area (Å²) in [6, 6.07) is 2.21. The van der Waals surface area contributed by atoms with Crippen molar-refractivity contribution < 1.29 is 14.7 Å². The number of likely N-dealkylation sites (tertiary alicyclic amines) is 1. The molecule has 212 valence electrons. The number of fused-ring (bicyclic) bond motifs is 7. The Bertz CT molecular complexity index is 1230. The number of nitriles is 1. The van der Waals surface area contributed by atoms with E-state index in [0.29, 0.717) is 5.92 Å². The number of aliphatic hydroxyl groups excluding tert-OH is 1. The Morgan fingerprint density at radius 1 is 1.00 bits per heavy atom. The first-order valence-electron chi connectivity index (χ1n) is 15.4. The largest absolute Gasteiger partial charge is 0.390 e. The second-order valence-corrected chi connectivity index (χ2v) is 16.5. The number of β-amino-alcohol motifs (C(OH)–C–C–N with tert-alkyl or cyclic N) is 1. The minimum atomic E-state index is -0.631. The van der Waals surface area contributed by atoms with Crippen molar-refractivity contribution in [2.45, 2.75) is 99.5 Å². The Morgan fingerprint density at radius 3 is 2.31 bits per heavy atom. The van der Waals surface area contributed by atoms with Crippen molar-refractivity contribution in [3.8, 4) is 6.07 Å². The smallest absolute Gasteiger partial charge is 0.178 e. The number of Topliss-reactive ketones (excluding diaryl/α,β-unsaturated/α-hetero) is 1. The predicted molar refractivity (Wildman–Crippen MR) is 151 cm³/mol. The highest BCUT2D eigenvalue weighted by molar-refractivity contribution is 6.04. The van der Waals surface area contributed by atoms with Crippen LogP contribution in [-0.4, -0.2) is 47.3 Å². The third-order valence-electron chi connectivity index (χ3n) is 13.5. The molecular weight excluding hydrogens is 484 g/mol. The van der Waals surface area contributed by atoms with Crippen molar-refractivity contribution in [1.82, 2.24) is 4.90 Å². The van der Waals surface area contributed by atoms with Gasteiger partial charge in [-0.2, -0.15) is 5.26 Å². The van der Waals surface area contributed by atoms with Crippen molar-refractivity contribution in [3.63, 3.8) is 0 Å². The van der Waals surface area contributed by atoms with Crippen LogP contribution in [0.4, 0.5) is 0 Å². The van der Waals surface area contributed by atoms with Gasteiger partial charge in [-0.05, 0) is 84.5 Å². The molecule has 6 aliphatic rings. The number of nitrogens with zero attached hydrogens (tertiary/aromatic N) is 2. The Balaban J connectivity index is 1.47. The molecule has 5 aliphatic carbocycles. The molecule has 5 heteroatoms. The van der Waals surface area contributed by atoms with Crippen LogP contribution in [0.5, 0.6) is 0 Å². The molecule has 0 aromatic rings. The number of aliphatic hydroxyl groups is 1. The standard InChI is InChI=1S/C34H48N2O3/c1-29(2)10-12-34(20-36-18-22(37)19-36)13-11-33(7)27(23(34)16-29)24(38)14-26-31(5)15-21(17-35)28(39)30(3,4)25(31)8-9-32(26,33)6/h14-15,22-23,25,27,37H,8-13,16,18-20H2,1-7H3/t23?,25?,27-,31-,32+,33+,34+/m0/s1. The zero-order valence-corrected chi connectivity index (χ0v) is 25.2. The fraction of sp³-hybridized carbons (Fsp3) is 0.794. The minimum absolute atomic E-state index is 0.0106. The highest BCUT2D eigenvalue weighted by atomic mass is 16.3. The van der Waals surface area contributed by atoms with E-state index in [2.05, 4.69) is 45.6 Å². The molecular formula is C34H48N2O3. The van der Waals surface area contributed by atoms with Crippen LogP contribution in [0.25, 0.3) is 0 Å². The third-order valence-corrected chi connectivity index (χ3v) is 13.5. The minimum Gasteiger partial charge on any atom is -0.390 e. The number of hydrogen-bond acceptors (Lipinski definition) is 5. The van der Waals surface area contributed by atoms with Crippen LogP contribution in [0.3, 0.4) is 0 Å². The van der Waals surface area contributed by atoms with Gasteiger partial charge in [0.25, 0.3) is 0 Å². The molecule has 1 saturated heterocycles. The maximum atomic E-state index is 14.6. The maximum absolute atomic E-state index is 14.6. The molecule has 4 fully saturated rings. The zero-order chi connectivity index (χ0) is 28.4. The van der Waals surface area contributed by atoms with Gasteiger partial charge in [0.05, 0.1) is 11.7 Å². The van der Waals surface area contributed by atoms with Crippen LogP contribution >= 0.6 is 0 Å². The first kappa shape index (κ1) is 27.4. The number of carbonyl (C=O) groups excluding carboxylic acids is 2. The summed E-state index contributed by atoms with van der Waals surface area (Å²) in [5, 5.41) is 19.9. The topological polar surface area (TPSA) is 81.4 Å². The molecule has 39 heavy (non-hydrogen) atoms. The van der Waals surface area contributed by atoms with Crippen molar-refractivity contribution in [3.05, 3.63) is 23.3 Å². The average Bonchev–Trinajstić information content (AvgIpc) is 2.82. The zero-order valence-electron chi connectivity index (χ0n) is 25.2. The van der Waals surface area contributed by atoms with Crippen LogP contribution in [0.15, 0.2) is 23.3 Å². The summed E-state index contributed by atoms with van der Waals surface area (Å²) in [5.41, 5.74) is 0.352. The molecule has 2 unspecified atom stereocenters. The third kappa shape index (κ3) is 3.49. The lowest BCUT2D eigenvalue weighted by atomic mass is 9.34. The molecule has 5 nitrogen and oxygen atoms in total. The number of hydrogen-bond donors (Lipinski definition) is 1. The Kier molecular flexibility index (Phi) is 5.73. The van der Waals surface area contributed by atoms with E-state index >= 15 is 0 Å². The lowest BCUT2D eigenvalue weighted by Gasteiger charge is -2.69. The molecule has 1 aliphatic heterocycles. The van der Waals surface area contributed by atoms with E-state index in [4.69, 9.17) is 0 Å². The van der Waals surface area contributed by atoms with Gasteiger partial charge < -0.3 is 5.11 Å². The molecule has 7 atom stereocenters. The molecule has 0 spiro atoms. The molecule has 3 saturated carbocycles. The van der Waals surface area contributed by atoms with Gasteiger partial charge in [0.15, 0.2) is 11.6 Å². The van der Waals surface area contributed by atoms with E-state index in [1.165, 1.54) is 12.0 Å². The van der Waals surface area contributed by atoms with Gasteiger partial charge in [0.2, 0.25) is 0 Å². The summed E-state index contributed by atoms with van der Waals surface area (Å²) >= 11 is 0. The molecule has 0 bridgehead atoms. The molecule has 0 aromatic carbocycles. The molecule has 1 N–H and O–H groups in total. The number of carbonyl (C=O) groups is 2. The van der Waals surface area contributed by atoms with Crippen molar-refractivity contribution in [2.24, 2.45) is 50.2 Å². The van der Waals surface area contributed by atoms with Crippen LogP contribution < -0.4 is 0 Å². The highest BCUT2D eigenvalue weighted by Gasteiger charge is 2.69. The SMILES string of the molecule is CC1(C)CC[C@]2(CN3CC(O)C3)CC[C@]3(C)[C@H](C(=O)C=C4[C@@]5(C)C=C(C#N)C(=O)C(C)(C)C5CC[C@]43C)C2C1. The summed E-state index contributed by atoms with van der Waals surface area (Å²) in [6.45, 7) is 18.3. The van der Waals surface area contributed by atoms with E-state index in [1.807, 2.05) is 26.0 Å². The van der Waals surface area contributed by atoms with Gasteiger partial charge >= 0.3 is 0 Å². The van der Waals surface area contributed by atoms with Crippen LogP contribution in [0.1, 0.15) is 93.4 Å². The van der Waals surface area contributed by atoms with E-state index in [1.54, 1.807) is 0 Å². The molecule has 0 radical (unpaired) electrons. The molecule has 0 aromatic heterocycles. The fourth-order valence-corrected chi connectivity index (χ4v) is 11.1. The summed E-state index contributed by atoms with van der Waals surface area (Å²) in [6.07, 6.45) is 11.3. The Labute approximate surface area is 235 Å². The first-order valence-corrected chi connectivity index (χ1v) is 15.4. The second kappa shape index (κ2) is 8.16. The number of ketones is 2. The Morgan fingerprint density at radius 2 is 1.67 bits per heavy atom. The monoisotopic (exact) mass is 532 g/mol. The maximum Gasteiger partial charge on any atom is 0.178 e. The van der Waals surface area contributed by atoms with Crippen LogP contribution in [-0.2, 0) is 9.59 Å². The van der Waals surface area contributed by atoms with Gasteiger partial charge in [-0.15, -0.1) is 0 Å². The fourth-order valence-electron chi connectivity index (χ4n) is 11.1. The summed E-state index contributed by atoms with van der Waals surface area (Å²) in [7, 11) is 0. The number of rotatable bonds is 2. The lowest BCUT2D eigenvalue weighted by molar-refractivity contribution is -0.178. The summed E-state index contributed by atoms with van der Waals surface area (Å²) < 4.78 is 0. The lowest BCUT2D eigenvalue weighted by Crippen LogP contribution is -2.66. The second-order valence-electron chi connectivity index (χ2n) is 16.5. The molecule has 1 heterocycles. The summed E-state index contributed by atoms with van der Waals surface area (Å²) in [5.74, 6) is 0.634. The van der Waals surface area contributed by atoms with Gasteiger partial charge in [0, 0.05) is 36.4 Å². The van der Waals surface area contributed by atoms with E-state index < -0.39 is 10.8 Å². The van der Waals surface area contributed by atoms with E-state index in [0.717, 1.165) is 58.2 Å². The molecule has 0 amide bonds. The Hall–Kier alpha value is -1.77. The first-order chi connectivity index (χ1) is 18.0. The quantitative estimate of drug-likeness (QED) is 0.480. The average molecular weight is 533 g/mol. The van der Waals surface area contributed by atoms with E-state index in [-0.39, 0.29) is 56.7 Å². The van der Waals surface area contributed by atoms with E-state index in [9.17, 15) is 20.0 Å². The van der Waals surface area contributed by atoms with Gasteiger partial charge in [0.1, 0.15) is 6.07 Å².